The molecule has 0 bridgehead atoms. The first kappa shape index (κ1) is 9.37. The van der Waals surface area contributed by atoms with Crippen LogP contribution in [0, 0.1) is 0 Å². The SMILES string of the molecule is NNc1nc(Br)c(Br)nc1Br. The third-order valence-electron chi connectivity index (χ3n) is 0.909. The van der Waals surface area contributed by atoms with Crippen LogP contribution >= 0.6 is 47.8 Å². The van der Waals surface area contributed by atoms with Crippen LogP contribution in [-0.4, -0.2) is 9.97 Å². The molecule has 4 nitrogen and oxygen atoms in total. The van der Waals surface area contributed by atoms with Gasteiger partial charge in [0, 0.05) is 0 Å². The van der Waals surface area contributed by atoms with E-state index in [1.54, 1.807) is 0 Å². The molecule has 1 aromatic heterocycles. The standard InChI is InChI=1S/C4H3Br3N4/c5-1-2(6)10-4(11-8)3(7)9-1/h8H2,(H,10,11). The zero-order valence-corrected chi connectivity index (χ0v) is 9.86. The van der Waals surface area contributed by atoms with Crippen LogP contribution in [0.4, 0.5) is 5.82 Å². The molecule has 0 saturated heterocycles. The fourth-order valence-electron chi connectivity index (χ4n) is 0.468. The van der Waals surface area contributed by atoms with E-state index in [0.717, 1.165) is 0 Å². The largest absolute Gasteiger partial charge is 0.306 e. The summed E-state index contributed by atoms with van der Waals surface area (Å²) >= 11 is 9.55. The van der Waals surface area contributed by atoms with Crippen molar-refractivity contribution in [3.8, 4) is 0 Å². The Kier molecular flexibility index (Phi) is 3.23. The maximum absolute atomic E-state index is 5.15. The van der Waals surface area contributed by atoms with Crippen LogP contribution in [0.5, 0.6) is 0 Å². The fourth-order valence-corrected chi connectivity index (χ4v) is 1.62. The summed E-state index contributed by atoms with van der Waals surface area (Å²) < 4.78 is 1.80. The number of aromatic nitrogens is 2. The molecule has 0 radical (unpaired) electrons. The van der Waals surface area contributed by atoms with Gasteiger partial charge in [0.15, 0.2) is 10.4 Å². The van der Waals surface area contributed by atoms with E-state index < -0.39 is 0 Å². The van der Waals surface area contributed by atoms with E-state index in [4.69, 9.17) is 5.84 Å². The summed E-state index contributed by atoms with van der Waals surface area (Å²) in [5.74, 6) is 5.64. The topological polar surface area (TPSA) is 63.8 Å². The van der Waals surface area contributed by atoms with Gasteiger partial charge in [-0.2, -0.15) is 0 Å². The Morgan fingerprint density at radius 1 is 1.00 bits per heavy atom. The zero-order chi connectivity index (χ0) is 8.43. The monoisotopic (exact) mass is 344 g/mol. The van der Waals surface area contributed by atoms with Gasteiger partial charge in [-0.25, -0.2) is 15.8 Å². The van der Waals surface area contributed by atoms with Crippen LogP contribution in [0.1, 0.15) is 0 Å². The number of nitrogens with two attached hydrogens (primary N) is 1. The van der Waals surface area contributed by atoms with Gasteiger partial charge in [-0.1, -0.05) is 0 Å². The van der Waals surface area contributed by atoms with Crippen molar-refractivity contribution in [3.05, 3.63) is 13.8 Å². The third-order valence-corrected chi connectivity index (χ3v) is 3.10. The van der Waals surface area contributed by atoms with Gasteiger partial charge in [0.2, 0.25) is 0 Å². The van der Waals surface area contributed by atoms with E-state index in [0.29, 0.717) is 19.6 Å². The van der Waals surface area contributed by atoms with Crippen molar-refractivity contribution in [1.82, 2.24) is 9.97 Å². The van der Waals surface area contributed by atoms with E-state index in [1.807, 2.05) is 0 Å². The summed E-state index contributed by atoms with van der Waals surface area (Å²) in [6.45, 7) is 0. The Labute approximate surface area is 88.3 Å². The number of nitrogens with zero attached hydrogens (tertiary/aromatic N) is 2. The highest BCUT2D eigenvalue weighted by atomic mass is 79.9. The van der Waals surface area contributed by atoms with Crippen molar-refractivity contribution in [2.24, 2.45) is 5.84 Å². The highest BCUT2D eigenvalue weighted by Gasteiger charge is 2.05. The number of hydrogen-bond donors (Lipinski definition) is 2. The third kappa shape index (κ3) is 2.11. The van der Waals surface area contributed by atoms with E-state index in [-0.39, 0.29) is 0 Å². The molecular weight excluding hydrogens is 344 g/mol. The maximum Gasteiger partial charge on any atom is 0.174 e. The molecule has 0 atom stereocenters. The minimum atomic E-state index is 0.486. The van der Waals surface area contributed by atoms with Gasteiger partial charge in [-0.3, -0.25) is 0 Å². The molecule has 7 heteroatoms. The van der Waals surface area contributed by atoms with Crippen molar-refractivity contribution in [1.29, 1.82) is 0 Å². The lowest BCUT2D eigenvalue weighted by Gasteiger charge is -2.02. The molecule has 0 unspecified atom stereocenters. The molecule has 1 heterocycles. The molecule has 1 rings (SSSR count). The Morgan fingerprint density at radius 2 is 1.55 bits per heavy atom. The molecule has 1 aromatic rings. The lowest BCUT2D eigenvalue weighted by atomic mass is 10.7. The molecule has 0 aliphatic carbocycles. The smallest absolute Gasteiger partial charge is 0.174 e. The molecule has 3 N–H and O–H groups in total. The van der Waals surface area contributed by atoms with E-state index in [1.165, 1.54) is 0 Å². The van der Waals surface area contributed by atoms with Crippen LogP contribution in [0.3, 0.4) is 0 Å². The van der Waals surface area contributed by atoms with Gasteiger partial charge in [-0.05, 0) is 47.8 Å². The second-order valence-corrected chi connectivity index (χ2v) is 3.84. The van der Waals surface area contributed by atoms with Crippen molar-refractivity contribution >= 4 is 53.6 Å². The van der Waals surface area contributed by atoms with Gasteiger partial charge in [0.05, 0.1) is 0 Å². The summed E-state index contributed by atoms with van der Waals surface area (Å²) in [4.78, 5) is 8.04. The lowest BCUT2D eigenvalue weighted by molar-refractivity contribution is 1.08. The minimum absolute atomic E-state index is 0.486. The van der Waals surface area contributed by atoms with Gasteiger partial charge in [0.1, 0.15) is 9.21 Å². The lowest BCUT2D eigenvalue weighted by Crippen LogP contribution is -2.10. The number of nitrogen functional groups attached to an aromatic ring is 1. The quantitative estimate of drug-likeness (QED) is 0.603. The van der Waals surface area contributed by atoms with E-state index >= 15 is 0 Å². The molecule has 0 amide bonds. The van der Waals surface area contributed by atoms with Crippen LogP contribution in [-0.2, 0) is 0 Å². The summed E-state index contributed by atoms with van der Waals surface area (Å²) in [7, 11) is 0. The number of anilines is 1. The van der Waals surface area contributed by atoms with Crippen molar-refractivity contribution in [2.45, 2.75) is 0 Å². The number of hydrogen-bond acceptors (Lipinski definition) is 4. The zero-order valence-electron chi connectivity index (χ0n) is 5.11. The summed E-state index contributed by atoms with van der Waals surface area (Å²) in [5.41, 5.74) is 2.39. The van der Waals surface area contributed by atoms with Crippen LogP contribution in [0.15, 0.2) is 13.8 Å². The van der Waals surface area contributed by atoms with Crippen LogP contribution in [0.25, 0.3) is 0 Å². The average Bonchev–Trinajstić information content (AvgIpc) is 1.97. The molecule has 0 fully saturated rings. The fraction of sp³-hybridized carbons (Fsp3) is 0. The Hall–Kier alpha value is 0.280. The molecule has 0 aliphatic heterocycles. The van der Waals surface area contributed by atoms with Crippen molar-refractivity contribution in [2.75, 3.05) is 5.43 Å². The Morgan fingerprint density at radius 3 is 2.09 bits per heavy atom. The molecule has 11 heavy (non-hydrogen) atoms. The number of halogens is 3. The molecule has 0 saturated carbocycles. The van der Waals surface area contributed by atoms with E-state index in [2.05, 4.69) is 63.2 Å². The minimum Gasteiger partial charge on any atom is -0.306 e. The molecule has 60 valence electrons. The second kappa shape index (κ2) is 3.79. The normalized spacial score (nSPS) is 9.82. The summed E-state index contributed by atoms with van der Waals surface area (Å²) in [5, 5.41) is 0. The first-order valence-electron chi connectivity index (χ1n) is 2.50. The second-order valence-electron chi connectivity index (χ2n) is 1.59. The Bertz CT molecular complexity index is 276. The van der Waals surface area contributed by atoms with Gasteiger partial charge < -0.3 is 5.43 Å². The number of nitrogens with one attached hydrogen (secondary N) is 1. The van der Waals surface area contributed by atoms with Gasteiger partial charge in [0.25, 0.3) is 0 Å². The van der Waals surface area contributed by atoms with Crippen LogP contribution in [0.2, 0.25) is 0 Å². The van der Waals surface area contributed by atoms with E-state index in [9.17, 15) is 0 Å². The molecule has 0 aromatic carbocycles. The van der Waals surface area contributed by atoms with Crippen molar-refractivity contribution in [3.63, 3.8) is 0 Å². The first-order valence-corrected chi connectivity index (χ1v) is 4.88. The predicted octanol–water partition coefficient (Wildman–Crippen LogP) is 2.05. The molecule has 0 aliphatic rings. The molecular formula is C4H3Br3N4. The average molecular weight is 347 g/mol. The molecule has 0 spiro atoms. The summed E-state index contributed by atoms with van der Waals surface area (Å²) in [6.07, 6.45) is 0. The van der Waals surface area contributed by atoms with Gasteiger partial charge in [-0.15, -0.1) is 0 Å². The Balaban J connectivity index is 3.21. The summed E-state index contributed by atoms with van der Waals surface area (Å²) in [6, 6.07) is 0. The van der Waals surface area contributed by atoms with Crippen LogP contribution < -0.4 is 11.3 Å². The van der Waals surface area contributed by atoms with Gasteiger partial charge >= 0.3 is 0 Å². The predicted molar refractivity (Wildman–Crippen MR) is 52.9 cm³/mol. The maximum atomic E-state index is 5.15. The number of hydrazine groups is 1. The highest BCUT2D eigenvalue weighted by Crippen LogP contribution is 2.25. The highest BCUT2D eigenvalue weighted by molar-refractivity contribution is 9.13. The van der Waals surface area contributed by atoms with Crippen molar-refractivity contribution < 1.29 is 0 Å². The number of rotatable bonds is 1. The first-order chi connectivity index (χ1) is 5.15.